The van der Waals surface area contributed by atoms with Gasteiger partial charge in [-0.25, -0.2) is 8.42 Å². The fourth-order valence-corrected chi connectivity index (χ4v) is 5.03. The summed E-state index contributed by atoms with van der Waals surface area (Å²) in [5, 5.41) is 3.68. The van der Waals surface area contributed by atoms with E-state index in [0.717, 1.165) is 10.9 Å². The third-order valence-electron chi connectivity index (χ3n) is 5.09. The predicted octanol–water partition coefficient (Wildman–Crippen LogP) is 4.64. The van der Waals surface area contributed by atoms with Crippen molar-refractivity contribution in [3.05, 3.63) is 84.4 Å². The van der Waals surface area contributed by atoms with Gasteiger partial charge in [-0.05, 0) is 61.5 Å². The highest BCUT2D eigenvalue weighted by molar-refractivity contribution is 7.92. The van der Waals surface area contributed by atoms with Gasteiger partial charge in [-0.1, -0.05) is 24.3 Å². The van der Waals surface area contributed by atoms with Crippen molar-refractivity contribution in [3.8, 4) is 5.75 Å². The Balaban J connectivity index is 1.60. The molecule has 7 nitrogen and oxygen atoms in total. The summed E-state index contributed by atoms with van der Waals surface area (Å²) in [5.41, 5.74) is 1.66. The second-order valence-electron chi connectivity index (χ2n) is 7.12. The van der Waals surface area contributed by atoms with Gasteiger partial charge in [0.2, 0.25) is 0 Å². The minimum atomic E-state index is -3.83. The smallest absolute Gasteiger partial charge is 0.264 e. The molecule has 0 aliphatic heterocycles. The van der Waals surface area contributed by atoms with Crippen molar-refractivity contribution < 1.29 is 17.9 Å². The SMILES string of the molecule is CCN(c1ccccc1)S(=O)(=O)c1cccc(C(=O)Nc2cc3cc(OC)ccc3[nH]2)c1. The first-order chi connectivity index (χ1) is 15.4. The van der Waals surface area contributed by atoms with E-state index in [0.29, 0.717) is 17.3 Å². The van der Waals surface area contributed by atoms with Crippen molar-refractivity contribution in [2.75, 3.05) is 23.3 Å². The summed E-state index contributed by atoms with van der Waals surface area (Å²) < 4.78 is 33.0. The van der Waals surface area contributed by atoms with Gasteiger partial charge >= 0.3 is 0 Å². The molecule has 0 atom stereocenters. The number of fused-ring (bicyclic) bond motifs is 1. The van der Waals surface area contributed by atoms with Crippen LogP contribution >= 0.6 is 0 Å². The molecule has 1 aromatic heterocycles. The Hall–Kier alpha value is -3.78. The molecular weight excluding hydrogens is 426 g/mol. The van der Waals surface area contributed by atoms with Crippen LogP contribution in [0.5, 0.6) is 5.75 Å². The first-order valence-corrected chi connectivity index (χ1v) is 11.5. The van der Waals surface area contributed by atoms with E-state index in [9.17, 15) is 13.2 Å². The number of amides is 1. The molecule has 0 aliphatic rings. The maximum atomic E-state index is 13.3. The number of sulfonamides is 1. The quantitative estimate of drug-likeness (QED) is 0.430. The summed E-state index contributed by atoms with van der Waals surface area (Å²) in [4.78, 5) is 16.0. The van der Waals surface area contributed by atoms with Gasteiger partial charge in [0.25, 0.3) is 15.9 Å². The fourth-order valence-electron chi connectivity index (χ4n) is 3.51. The molecule has 3 aromatic carbocycles. The van der Waals surface area contributed by atoms with E-state index >= 15 is 0 Å². The number of nitrogens with zero attached hydrogens (tertiary/aromatic N) is 1. The Morgan fingerprint density at radius 3 is 2.50 bits per heavy atom. The molecule has 0 bridgehead atoms. The number of carbonyl (C=O) groups excluding carboxylic acids is 1. The second-order valence-corrected chi connectivity index (χ2v) is 8.99. The number of methoxy groups -OCH3 is 1. The Morgan fingerprint density at radius 1 is 1.00 bits per heavy atom. The molecule has 0 unspecified atom stereocenters. The lowest BCUT2D eigenvalue weighted by atomic mass is 10.2. The van der Waals surface area contributed by atoms with Gasteiger partial charge in [0, 0.05) is 23.0 Å². The molecule has 2 N–H and O–H groups in total. The van der Waals surface area contributed by atoms with E-state index in [4.69, 9.17) is 4.74 Å². The molecule has 1 amide bonds. The number of hydrogen-bond acceptors (Lipinski definition) is 4. The summed E-state index contributed by atoms with van der Waals surface area (Å²) in [6.07, 6.45) is 0. The van der Waals surface area contributed by atoms with Gasteiger partial charge in [0.1, 0.15) is 11.6 Å². The Kier molecular flexibility index (Phi) is 5.87. The number of carbonyl (C=O) groups is 1. The van der Waals surface area contributed by atoms with E-state index < -0.39 is 15.9 Å². The number of hydrogen-bond donors (Lipinski definition) is 2. The third kappa shape index (κ3) is 4.17. The van der Waals surface area contributed by atoms with Crippen molar-refractivity contribution >= 4 is 38.3 Å². The molecule has 8 heteroatoms. The van der Waals surface area contributed by atoms with E-state index in [2.05, 4.69) is 10.3 Å². The molecular formula is C24H23N3O4S. The normalized spacial score (nSPS) is 11.3. The van der Waals surface area contributed by atoms with Crippen molar-refractivity contribution in [1.82, 2.24) is 4.98 Å². The molecule has 0 aliphatic carbocycles. The van der Waals surface area contributed by atoms with E-state index in [1.165, 1.54) is 16.4 Å². The molecule has 4 rings (SSSR count). The molecule has 0 radical (unpaired) electrons. The Bertz CT molecular complexity index is 1360. The summed E-state index contributed by atoms with van der Waals surface area (Å²) in [5.74, 6) is 0.806. The van der Waals surface area contributed by atoms with Crippen molar-refractivity contribution in [2.45, 2.75) is 11.8 Å². The highest BCUT2D eigenvalue weighted by Gasteiger charge is 2.24. The van der Waals surface area contributed by atoms with Crippen LogP contribution in [-0.2, 0) is 10.0 Å². The fraction of sp³-hybridized carbons (Fsp3) is 0.125. The van der Waals surface area contributed by atoms with Crippen LogP contribution in [-0.4, -0.2) is 33.0 Å². The summed E-state index contributed by atoms with van der Waals surface area (Å²) >= 11 is 0. The van der Waals surface area contributed by atoms with Gasteiger partial charge in [0.15, 0.2) is 0 Å². The molecule has 0 saturated carbocycles. The molecule has 1 heterocycles. The average molecular weight is 450 g/mol. The predicted molar refractivity (Wildman–Crippen MR) is 126 cm³/mol. The number of rotatable bonds is 7. The Morgan fingerprint density at radius 2 is 1.78 bits per heavy atom. The lowest BCUT2D eigenvalue weighted by Gasteiger charge is -2.23. The van der Waals surface area contributed by atoms with Crippen LogP contribution in [0.4, 0.5) is 11.5 Å². The minimum absolute atomic E-state index is 0.0530. The zero-order chi connectivity index (χ0) is 22.7. The highest BCUT2D eigenvalue weighted by Crippen LogP contribution is 2.26. The number of aromatic amines is 1. The van der Waals surface area contributed by atoms with Crippen molar-refractivity contribution in [2.24, 2.45) is 0 Å². The number of anilines is 2. The molecule has 32 heavy (non-hydrogen) atoms. The maximum Gasteiger partial charge on any atom is 0.264 e. The van der Waals surface area contributed by atoms with Crippen molar-refractivity contribution in [3.63, 3.8) is 0 Å². The number of H-pyrrole nitrogens is 1. The number of benzene rings is 3. The van der Waals surface area contributed by atoms with Crippen LogP contribution < -0.4 is 14.4 Å². The van der Waals surface area contributed by atoms with E-state index in [-0.39, 0.29) is 17.0 Å². The lowest BCUT2D eigenvalue weighted by Crippen LogP contribution is -2.30. The first kappa shape index (κ1) is 21.5. The van der Waals surface area contributed by atoms with Crippen LogP contribution in [0.1, 0.15) is 17.3 Å². The van der Waals surface area contributed by atoms with Crippen LogP contribution in [0.2, 0.25) is 0 Å². The van der Waals surface area contributed by atoms with Gasteiger partial charge in [-0.2, -0.15) is 0 Å². The third-order valence-corrected chi connectivity index (χ3v) is 6.99. The standard InChI is InChI=1S/C24H23N3O4S/c1-3-27(19-9-5-4-6-10-19)32(29,30)21-11-7-8-17(15-21)24(28)26-23-16-18-14-20(31-2)12-13-22(18)25-23/h4-16,25H,3H2,1-2H3,(H,26,28). The van der Waals surface area contributed by atoms with Crippen molar-refractivity contribution in [1.29, 1.82) is 0 Å². The summed E-state index contributed by atoms with van der Waals surface area (Å²) in [6.45, 7) is 2.04. The first-order valence-electron chi connectivity index (χ1n) is 10.1. The van der Waals surface area contributed by atoms with E-state index in [1.807, 2.05) is 24.3 Å². The van der Waals surface area contributed by atoms with Gasteiger partial charge in [0.05, 0.1) is 17.7 Å². The number of ether oxygens (including phenoxy) is 1. The van der Waals surface area contributed by atoms with Crippen LogP contribution in [0.25, 0.3) is 10.9 Å². The zero-order valence-corrected chi connectivity index (χ0v) is 18.5. The zero-order valence-electron chi connectivity index (χ0n) is 17.7. The molecule has 0 saturated heterocycles. The number of para-hydroxylation sites is 1. The van der Waals surface area contributed by atoms with Gasteiger partial charge < -0.3 is 15.0 Å². The van der Waals surface area contributed by atoms with Crippen LogP contribution in [0.15, 0.2) is 83.8 Å². The molecule has 4 aromatic rings. The molecule has 0 spiro atoms. The number of nitrogens with one attached hydrogen (secondary N) is 2. The maximum absolute atomic E-state index is 13.3. The number of aromatic nitrogens is 1. The summed E-state index contributed by atoms with van der Waals surface area (Å²) in [7, 11) is -2.24. The van der Waals surface area contributed by atoms with Crippen LogP contribution in [0.3, 0.4) is 0 Å². The average Bonchev–Trinajstić information content (AvgIpc) is 3.21. The monoisotopic (exact) mass is 449 g/mol. The molecule has 164 valence electrons. The Labute approximate surface area is 186 Å². The minimum Gasteiger partial charge on any atom is -0.497 e. The largest absolute Gasteiger partial charge is 0.497 e. The lowest BCUT2D eigenvalue weighted by molar-refractivity contribution is 0.102. The van der Waals surface area contributed by atoms with Crippen LogP contribution in [0, 0.1) is 0 Å². The summed E-state index contributed by atoms with van der Waals surface area (Å²) in [6, 6.07) is 22.2. The highest BCUT2D eigenvalue weighted by atomic mass is 32.2. The second kappa shape index (κ2) is 8.76. The molecule has 0 fully saturated rings. The van der Waals surface area contributed by atoms with Gasteiger partial charge in [-0.15, -0.1) is 0 Å². The topological polar surface area (TPSA) is 91.5 Å². The van der Waals surface area contributed by atoms with E-state index in [1.54, 1.807) is 56.5 Å². The van der Waals surface area contributed by atoms with Gasteiger partial charge in [-0.3, -0.25) is 9.10 Å².